The zero-order valence-electron chi connectivity index (χ0n) is 14.2. The van der Waals surface area contributed by atoms with Crippen LogP contribution in [0.2, 0.25) is 0 Å². The number of hydrogen-bond acceptors (Lipinski definition) is 4. The van der Waals surface area contributed by atoms with Gasteiger partial charge in [0.05, 0.1) is 5.56 Å². The Kier molecular flexibility index (Phi) is 5.34. The molecule has 0 spiro atoms. The molecule has 0 saturated heterocycles. The van der Waals surface area contributed by atoms with E-state index in [1.165, 1.54) is 5.69 Å². The van der Waals surface area contributed by atoms with Crippen molar-refractivity contribution >= 4 is 39.6 Å². The van der Waals surface area contributed by atoms with E-state index in [1.807, 2.05) is 36.4 Å². The van der Waals surface area contributed by atoms with Crippen LogP contribution in [-0.2, 0) is 9.53 Å². The number of carbonyl (C=O) groups is 1. The van der Waals surface area contributed by atoms with Crippen molar-refractivity contribution < 1.29 is 9.53 Å². The number of anilines is 1. The van der Waals surface area contributed by atoms with Crippen LogP contribution in [0.1, 0.15) is 25.0 Å². The van der Waals surface area contributed by atoms with E-state index >= 15 is 0 Å². The highest BCUT2D eigenvalue weighted by atomic mass is 79.9. The van der Waals surface area contributed by atoms with Crippen LogP contribution < -0.4 is 4.90 Å². The second-order valence-corrected chi connectivity index (χ2v) is 6.43. The summed E-state index contributed by atoms with van der Waals surface area (Å²) in [6, 6.07) is 15.6. The predicted molar refractivity (Wildman–Crippen MR) is 105 cm³/mol. The van der Waals surface area contributed by atoms with Gasteiger partial charge in [0.2, 0.25) is 5.90 Å². The second kappa shape index (κ2) is 7.66. The van der Waals surface area contributed by atoms with E-state index in [1.54, 1.807) is 6.08 Å². The van der Waals surface area contributed by atoms with Gasteiger partial charge in [-0.25, -0.2) is 9.79 Å². The Morgan fingerprint density at radius 2 is 1.76 bits per heavy atom. The van der Waals surface area contributed by atoms with Gasteiger partial charge in [-0.3, -0.25) is 0 Å². The fourth-order valence-corrected chi connectivity index (χ4v) is 3.14. The van der Waals surface area contributed by atoms with Crippen molar-refractivity contribution in [2.45, 2.75) is 13.8 Å². The minimum absolute atomic E-state index is 0.307. The monoisotopic (exact) mass is 398 g/mol. The summed E-state index contributed by atoms with van der Waals surface area (Å²) in [5.74, 6) is -0.109. The minimum atomic E-state index is -0.432. The number of hydrogen-bond donors (Lipinski definition) is 0. The largest absolute Gasteiger partial charge is 0.402 e. The molecule has 5 heteroatoms. The molecule has 0 unspecified atom stereocenters. The molecule has 1 heterocycles. The van der Waals surface area contributed by atoms with Gasteiger partial charge in [-0.15, -0.1) is 0 Å². The van der Waals surface area contributed by atoms with Gasteiger partial charge >= 0.3 is 5.97 Å². The van der Waals surface area contributed by atoms with E-state index in [4.69, 9.17) is 4.74 Å². The van der Waals surface area contributed by atoms with Crippen molar-refractivity contribution in [1.29, 1.82) is 0 Å². The lowest BCUT2D eigenvalue weighted by Gasteiger charge is -2.20. The molecule has 3 rings (SSSR count). The Hall–Kier alpha value is -2.40. The lowest BCUT2D eigenvalue weighted by molar-refractivity contribution is -0.129. The molecule has 0 atom stereocenters. The molecule has 0 aliphatic carbocycles. The highest BCUT2D eigenvalue weighted by Crippen LogP contribution is 2.24. The lowest BCUT2D eigenvalue weighted by Crippen LogP contribution is -2.21. The van der Waals surface area contributed by atoms with Crippen molar-refractivity contribution in [2.24, 2.45) is 4.99 Å². The standard InChI is InChI=1S/C20H19BrN2O2/c1-3-23(4-2)15-11-9-14(10-12-15)13-18-20(24)25-19(22-18)16-7-5-6-8-17(16)21/h5-13H,3-4H2,1-2H3/b18-13+. The summed E-state index contributed by atoms with van der Waals surface area (Å²) in [6.45, 7) is 6.18. The SMILES string of the molecule is CCN(CC)c1ccc(/C=C2/N=C(c3ccccc3Br)OC2=O)cc1. The van der Waals surface area contributed by atoms with Crippen LogP contribution in [0.5, 0.6) is 0 Å². The quantitative estimate of drug-likeness (QED) is 0.544. The van der Waals surface area contributed by atoms with Crippen LogP contribution in [0.3, 0.4) is 0 Å². The number of benzene rings is 2. The summed E-state index contributed by atoms with van der Waals surface area (Å²) >= 11 is 3.45. The average Bonchev–Trinajstić information content (AvgIpc) is 2.98. The van der Waals surface area contributed by atoms with E-state index < -0.39 is 5.97 Å². The molecule has 0 saturated carbocycles. The summed E-state index contributed by atoms with van der Waals surface area (Å²) in [4.78, 5) is 18.7. The van der Waals surface area contributed by atoms with Crippen molar-refractivity contribution in [3.8, 4) is 0 Å². The average molecular weight is 399 g/mol. The molecule has 1 aliphatic heterocycles. The first-order valence-electron chi connectivity index (χ1n) is 8.24. The highest BCUT2D eigenvalue weighted by molar-refractivity contribution is 9.10. The summed E-state index contributed by atoms with van der Waals surface area (Å²) in [6.07, 6.45) is 1.75. The molecule has 4 nitrogen and oxygen atoms in total. The first kappa shape index (κ1) is 17.4. The first-order chi connectivity index (χ1) is 12.1. The molecule has 0 bridgehead atoms. The van der Waals surface area contributed by atoms with Crippen molar-refractivity contribution in [3.05, 3.63) is 69.8 Å². The van der Waals surface area contributed by atoms with Crippen molar-refractivity contribution in [3.63, 3.8) is 0 Å². The van der Waals surface area contributed by atoms with Gasteiger partial charge in [-0.05, 0) is 65.7 Å². The Morgan fingerprint density at radius 1 is 1.08 bits per heavy atom. The maximum atomic E-state index is 12.1. The van der Waals surface area contributed by atoms with Crippen LogP contribution in [0.25, 0.3) is 6.08 Å². The number of cyclic esters (lactones) is 1. The highest BCUT2D eigenvalue weighted by Gasteiger charge is 2.25. The number of aliphatic imine (C=N–C) groups is 1. The summed E-state index contributed by atoms with van der Waals surface area (Å²) in [7, 11) is 0. The Balaban J connectivity index is 1.86. The molecular weight excluding hydrogens is 380 g/mol. The zero-order valence-corrected chi connectivity index (χ0v) is 15.8. The van der Waals surface area contributed by atoms with Gasteiger partial charge in [-0.1, -0.05) is 24.3 Å². The van der Waals surface area contributed by atoms with Crippen LogP contribution >= 0.6 is 15.9 Å². The molecule has 2 aromatic rings. The third-order valence-corrected chi connectivity index (χ3v) is 4.74. The molecule has 0 N–H and O–H groups in total. The van der Waals surface area contributed by atoms with E-state index in [2.05, 4.69) is 51.8 Å². The number of carbonyl (C=O) groups excluding carboxylic acids is 1. The molecule has 25 heavy (non-hydrogen) atoms. The van der Waals surface area contributed by atoms with E-state index in [9.17, 15) is 4.79 Å². The van der Waals surface area contributed by atoms with Crippen molar-refractivity contribution in [1.82, 2.24) is 0 Å². The van der Waals surface area contributed by atoms with E-state index in [0.717, 1.165) is 28.7 Å². The molecule has 128 valence electrons. The molecule has 1 aliphatic rings. The minimum Gasteiger partial charge on any atom is -0.402 e. The van der Waals surface area contributed by atoms with Gasteiger partial charge in [0.25, 0.3) is 0 Å². The number of ether oxygens (including phenoxy) is 1. The zero-order chi connectivity index (χ0) is 17.8. The van der Waals surface area contributed by atoms with Gasteiger partial charge in [0, 0.05) is 23.2 Å². The maximum Gasteiger partial charge on any atom is 0.363 e. The predicted octanol–water partition coefficient (Wildman–Crippen LogP) is 4.64. The summed E-state index contributed by atoms with van der Waals surface area (Å²) in [5.41, 5.74) is 3.15. The van der Waals surface area contributed by atoms with Gasteiger partial charge in [0.15, 0.2) is 5.70 Å². The van der Waals surface area contributed by atoms with Crippen LogP contribution in [0.15, 0.2) is 63.7 Å². The molecule has 0 aromatic heterocycles. The van der Waals surface area contributed by atoms with Crippen LogP contribution in [0.4, 0.5) is 5.69 Å². The maximum absolute atomic E-state index is 12.1. The second-order valence-electron chi connectivity index (χ2n) is 5.58. The van der Waals surface area contributed by atoms with E-state index in [0.29, 0.717) is 11.6 Å². The fraction of sp³-hybridized carbons (Fsp3) is 0.200. The fourth-order valence-electron chi connectivity index (χ4n) is 2.69. The van der Waals surface area contributed by atoms with Crippen molar-refractivity contribution in [2.75, 3.05) is 18.0 Å². The molecule has 2 aromatic carbocycles. The summed E-state index contributed by atoms with van der Waals surface area (Å²) < 4.78 is 6.15. The number of rotatable bonds is 5. The Labute approximate surface area is 156 Å². The van der Waals surface area contributed by atoms with E-state index in [-0.39, 0.29) is 0 Å². The third kappa shape index (κ3) is 3.82. The lowest BCUT2D eigenvalue weighted by atomic mass is 10.1. The number of esters is 1. The number of halogens is 1. The Morgan fingerprint density at radius 3 is 2.40 bits per heavy atom. The van der Waals surface area contributed by atoms with Gasteiger partial charge in [-0.2, -0.15) is 0 Å². The first-order valence-corrected chi connectivity index (χ1v) is 9.04. The van der Waals surface area contributed by atoms with Gasteiger partial charge in [0.1, 0.15) is 0 Å². The molecular formula is C20H19BrN2O2. The third-order valence-electron chi connectivity index (χ3n) is 4.05. The number of nitrogens with zero attached hydrogens (tertiary/aromatic N) is 2. The topological polar surface area (TPSA) is 41.9 Å². The molecule has 0 amide bonds. The van der Waals surface area contributed by atoms with Gasteiger partial charge < -0.3 is 9.64 Å². The summed E-state index contributed by atoms with van der Waals surface area (Å²) in [5, 5.41) is 0. The molecule has 0 radical (unpaired) electrons. The normalized spacial score (nSPS) is 15.2. The van der Waals surface area contributed by atoms with Crippen LogP contribution in [-0.4, -0.2) is 25.0 Å². The van der Waals surface area contributed by atoms with Crippen LogP contribution in [0, 0.1) is 0 Å². The smallest absolute Gasteiger partial charge is 0.363 e. The molecule has 0 fully saturated rings. The Bertz CT molecular complexity index is 837.